The highest BCUT2D eigenvalue weighted by molar-refractivity contribution is 5.82. The van der Waals surface area contributed by atoms with Crippen LogP contribution in [-0.4, -0.2) is 42.0 Å². The molecule has 1 heterocycles. The van der Waals surface area contributed by atoms with Crippen molar-refractivity contribution >= 4 is 17.8 Å². The summed E-state index contributed by atoms with van der Waals surface area (Å²) in [5, 5.41) is 13.1. The van der Waals surface area contributed by atoms with Gasteiger partial charge in [-0.25, -0.2) is 0 Å². The molecule has 2 amide bonds. The first-order chi connectivity index (χ1) is 7.93. The van der Waals surface area contributed by atoms with Gasteiger partial charge in [-0.3, -0.25) is 14.4 Å². The van der Waals surface area contributed by atoms with E-state index in [4.69, 9.17) is 15.6 Å². The van der Waals surface area contributed by atoms with E-state index in [-0.39, 0.29) is 24.3 Å². The Morgan fingerprint density at radius 2 is 2.06 bits per heavy atom. The molecule has 1 unspecified atom stereocenters. The second kappa shape index (κ2) is 8.51. The molecule has 0 aromatic rings. The summed E-state index contributed by atoms with van der Waals surface area (Å²) < 4.78 is 0. The lowest BCUT2D eigenvalue weighted by Gasteiger charge is -2.09. The molecular formula is C10H19N3O4. The van der Waals surface area contributed by atoms with Gasteiger partial charge in [-0.1, -0.05) is 0 Å². The average molecular weight is 245 g/mol. The van der Waals surface area contributed by atoms with E-state index in [9.17, 15) is 9.59 Å². The zero-order valence-corrected chi connectivity index (χ0v) is 9.86. The molecule has 98 valence electrons. The number of carboxylic acid groups (broad SMARTS) is 1. The fraction of sp³-hybridized carbons (Fsp3) is 0.700. The van der Waals surface area contributed by atoms with Gasteiger partial charge in [0.2, 0.25) is 11.8 Å². The van der Waals surface area contributed by atoms with E-state index in [1.807, 2.05) is 0 Å². The molecule has 0 aliphatic carbocycles. The van der Waals surface area contributed by atoms with Gasteiger partial charge >= 0.3 is 0 Å². The number of rotatable bonds is 4. The Balaban J connectivity index is 0.000000557. The Labute approximate surface area is 99.7 Å². The highest BCUT2D eigenvalue weighted by atomic mass is 16.4. The number of primary amides is 1. The summed E-state index contributed by atoms with van der Waals surface area (Å²) in [6.45, 7) is 2.32. The number of nitrogens with two attached hydrogens (primary N) is 1. The third-order valence-corrected chi connectivity index (χ3v) is 2.05. The minimum atomic E-state index is -0.833. The minimum Gasteiger partial charge on any atom is -0.481 e. The van der Waals surface area contributed by atoms with Gasteiger partial charge in [0.05, 0.1) is 6.04 Å². The number of hydrogen-bond donors (Lipinski definition) is 4. The third-order valence-electron chi connectivity index (χ3n) is 2.05. The maximum absolute atomic E-state index is 11.3. The van der Waals surface area contributed by atoms with Crippen molar-refractivity contribution in [3.8, 4) is 0 Å². The number of carbonyl (C=O) groups is 3. The molecule has 7 heteroatoms. The molecule has 1 aliphatic heterocycles. The summed E-state index contributed by atoms with van der Waals surface area (Å²) in [7, 11) is 0. The van der Waals surface area contributed by atoms with E-state index in [0.717, 1.165) is 26.3 Å². The second-order valence-electron chi connectivity index (χ2n) is 3.68. The van der Waals surface area contributed by atoms with Gasteiger partial charge in [0, 0.05) is 19.9 Å². The first-order valence-corrected chi connectivity index (χ1v) is 5.42. The molecule has 1 aliphatic rings. The highest BCUT2D eigenvalue weighted by Gasteiger charge is 2.21. The molecular weight excluding hydrogens is 226 g/mol. The fourth-order valence-electron chi connectivity index (χ4n) is 1.34. The lowest BCUT2D eigenvalue weighted by Crippen LogP contribution is -2.41. The van der Waals surface area contributed by atoms with Crippen LogP contribution in [0.5, 0.6) is 0 Å². The van der Waals surface area contributed by atoms with Gasteiger partial charge in [0.25, 0.3) is 5.97 Å². The van der Waals surface area contributed by atoms with E-state index < -0.39 is 5.97 Å². The highest BCUT2D eigenvalue weighted by Crippen LogP contribution is 2.04. The molecule has 1 atom stereocenters. The predicted molar refractivity (Wildman–Crippen MR) is 61.2 cm³/mol. The van der Waals surface area contributed by atoms with Crippen LogP contribution in [0.4, 0.5) is 0 Å². The van der Waals surface area contributed by atoms with Gasteiger partial charge in [-0.05, 0) is 19.4 Å². The van der Waals surface area contributed by atoms with Crippen LogP contribution in [0.2, 0.25) is 0 Å². The molecule has 0 spiro atoms. The van der Waals surface area contributed by atoms with Crippen LogP contribution in [-0.2, 0) is 14.4 Å². The number of carboxylic acids is 1. The van der Waals surface area contributed by atoms with Crippen molar-refractivity contribution in [3.63, 3.8) is 0 Å². The monoisotopic (exact) mass is 245 g/mol. The third kappa shape index (κ3) is 9.31. The van der Waals surface area contributed by atoms with Gasteiger partial charge in [0.15, 0.2) is 0 Å². The van der Waals surface area contributed by atoms with Gasteiger partial charge in [0.1, 0.15) is 0 Å². The van der Waals surface area contributed by atoms with Crippen LogP contribution in [0.3, 0.4) is 0 Å². The van der Waals surface area contributed by atoms with Crippen molar-refractivity contribution in [3.05, 3.63) is 0 Å². The quantitative estimate of drug-likeness (QED) is 0.496. The van der Waals surface area contributed by atoms with E-state index >= 15 is 0 Å². The molecule has 17 heavy (non-hydrogen) atoms. The van der Waals surface area contributed by atoms with Crippen molar-refractivity contribution in [2.24, 2.45) is 5.73 Å². The lowest BCUT2D eigenvalue weighted by molar-refractivity contribution is -0.134. The molecule has 0 radical (unpaired) electrons. The molecule has 7 nitrogen and oxygen atoms in total. The maximum atomic E-state index is 11.3. The smallest absolute Gasteiger partial charge is 0.300 e. The Kier molecular flexibility index (Phi) is 7.70. The first kappa shape index (κ1) is 15.4. The van der Waals surface area contributed by atoms with Crippen LogP contribution in [0.15, 0.2) is 0 Å². The van der Waals surface area contributed by atoms with Gasteiger partial charge < -0.3 is 21.5 Å². The Morgan fingerprint density at radius 3 is 2.47 bits per heavy atom. The van der Waals surface area contributed by atoms with Crippen molar-refractivity contribution in [2.75, 3.05) is 13.1 Å². The van der Waals surface area contributed by atoms with Crippen molar-refractivity contribution < 1.29 is 19.5 Å². The second-order valence-corrected chi connectivity index (χ2v) is 3.68. The Bertz CT molecular complexity index is 271. The summed E-state index contributed by atoms with van der Waals surface area (Å²) in [5.41, 5.74) is 4.93. The summed E-state index contributed by atoms with van der Waals surface area (Å²) in [6, 6.07) is -0.0760. The number of aliphatic carboxylic acids is 1. The topological polar surface area (TPSA) is 122 Å². The molecule has 1 saturated heterocycles. The van der Waals surface area contributed by atoms with E-state index in [0.29, 0.717) is 6.54 Å². The van der Waals surface area contributed by atoms with Crippen molar-refractivity contribution in [2.45, 2.75) is 32.2 Å². The van der Waals surface area contributed by atoms with Gasteiger partial charge in [-0.2, -0.15) is 0 Å². The summed E-state index contributed by atoms with van der Waals surface area (Å²) in [6.07, 6.45) is 2.12. The summed E-state index contributed by atoms with van der Waals surface area (Å²) in [4.78, 5) is 30.7. The minimum absolute atomic E-state index is 0.0289. The largest absolute Gasteiger partial charge is 0.481 e. The van der Waals surface area contributed by atoms with Crippen molar-refractivity contribution in [1.29, 1.82) is 0 Å². The van der Waals surface area contributed by atoms with Crippen LogP contribution >= 0.6 is 0 Å². The Hall–Kier alpha value is -1.63. The van der Waals surface area contributed by atoms with Crippen LogP contribution in [0, 0.1) is 0 Å². The molecule has 0 aromatic carbocycles. The van der Waals surface area contributed by atoms with E-state index in [2.05, 4.69) is 10.6 Å². The molecule has 0 aromatic heterocycles. The van der Waals surface area contributed by atoms with Crippen LogP contribution in [0.25, 0.3) is 0 Å². The molecule has 0 saturated carbocycles. The van der Waals surface area contributed by atoms with Crippen molar-refractivity contribution in [1.82, 2.24) is 10.6 Å². The first-order valence-electron chi connectivity index (χ1n) is 5.42. The fourth-order valence-corrected chi connectivity index (χ4v) is 1.34. The summed E-state index contributed by atoms with van der Waals surface area (Å²) in [5.74, 6) is -1.25. The predicted octanol–water partition coefficient (Wildman–Crippen LogP) is -1.18. The zero-order chi connectivity index (χ0) is 13.3. The van der Waals surface area contributed by atoms with Crippen LogP contribution in [0.1, 0.15) is 26.2 Å². The molecule has 5 N–H and O–H groups in total. The Morgan fingerprint density at radius 1 is 1.47 bits per heavy atom. The average Bonchev–Trinajstić information content (AvgIpc) is 2.68. The molecule has 1 rings (SSSR count). The summed E-state index contributed by atoms with van der Waals surface area (Å²) >= 11 is 0. The number of nitrogens with one attached hydrogen (secondary N) is 2. The van der Waals surface area contributed by atoms with Gasteiger partial charge in [-0.15, -0.1) is 0 Å². The number of carbonyl (C=O) groups excluding carboxylic acids is 2. The van der Waals surface area contributed by atoms with E-state index in [1.54, 1.807) is 0 Å². The maximum Gasteiger partial charge on any atom is 0.300 e. The normalized spacial score (nSPS) is 17.8. The lowest BCUT2D eigenvalue weighted by atomic mass is 10.2. The standard InChI is InChI=1S/C8H15N3O2.C2H4O2/c9-7(12)3-5-11-8(13)6-2-1-4-10-6;1-2(3)4/h6,10H,1-5H2,(H2,9,12)(H,11,13);1H3,(H,3,4). The molecule has 0 bridgehead atoms. The van der Waals surface area contributed by atoms with Crippen LogP contribution < -0.4 is 16.4 Å². The zero-order valence-electron chi connectivity index (χ0n) is 9.86. The van der Waals surface area contributed by atoms with E-state index in [1.165, 1.54) is 0 Å². The number of amides is 2. The SMILES string of the molecule is CC(=O)O.NC(=O)CCNC(=O)C1CCCN1. The number of hydrogen-bond acceptors (Lipinski definition) is 4. The molecule has 1 fully saturated rings.